The fourth-order valence-electron chi connectivity index (χ4n) is 5.87. The SMILES string of the molecule is CCN(CCN1CCCC1)c1nc2nc(-c3noc(=O)[nH]3)nc(N[C@H](C)C3CCC3)c2n1Cc1ccc(C(F)(F)F)cc1. The Balaban J connectivity index is 1.46. The molecule has 1 atom stereocenters. The third kappa shape index (κ3) is 6.24. The molecule has 1 aliphatic heterocycles. The normalized spacial score (nSPS) is 17.0. The number of aromatic amines is 1. The van der Waals surface area contributed by atoms with Crippen molar-refractivity contribution in [3.8, 4) is 11.6 Å². The number of aromatic nitrogens is 6. The van der Waals surface area contributed by atoms with E-state index in [0.717, 1.165) is 51.2 Å². The Kier molecular flexibility index (Phi) is 8.12. The Morgan fingerprint density at radius 3 is 2.47 bits per heavy atom. The van der Waals surface area contributed by atoms with E-state index in [2.05, 4.69) is 44.1 Å². The summed E-state index contributed by atoms with van der Waals surface area (Å²) in [7, 11) is 0. The number of benzene rings is 1. The summed E-state index contributed by atoms with van der Waals surface area (Å²) in [6.45, 7) is 8.84. The number of hydrogen-bond acceptors (Lipinski definition) is 9. The number of hydrogen-bond donors (Lipinski definition) is 2. The molecule has 2 fully saturated rings. The van der Waals surface area contributed by atoms with Gasteiger partial charge in [-0.25, -0.2) is 14.8 Å². The molecule has 1 saturated heterocycles. The number of likely N-dealkylation sites (N-methyl/N-ethyl adjacent to an activating group) is 1. The molecule has 1 aliphatic carbocycles. The largest absolute Gasteiger partial charge is 0.439 e. The van der Waals surface area contributed by atoms with Crippen LogP contribution in [0.25, 0.3) is 22.8 Å². The van der Waals surface area contributed by atoms with Gasteiger partial charge in [0.2, 0.25) is 17.6 Å². The molecule has 0 unspecified atom stereocenters. The topological polar surface area (TPSA) is 121 Å². The van der Waals surface area contributed by atoms with Crippen molar-refractivity contribution in [2.24, 2.45) is 5.92 Å². The fraction of sp³-hybridized carbons (Fsp3) is 0.552. The molecule has 0 bridgehead atoms. The standard InChI is InChI=1S/C29H36F3N9O2/c1-3-40(16-15-39-13-4-5-14-39)27-36-24-22(41(27)17-19-9-11-21(12-10-19)29(30,31)32)23(33-18(2)20-7-6-8-20)34-25(35-24)26-37-28(42)43-38-26/h9-12,18,20H,3-8,13-17H2,1-2H3,(H,33,34,35)(H,37,38,42)/t18-/m1/s1. The van der Waals surface area contributed by atoms with Crippen LogP contribution in [0.4, 0.5) is 24.9 Å². The number of nitrogens with one attached hydrogen (secondary N) is 2. The highest BCUT2D eigenvalue weighted by Crippen LogP contribution is 2.35. The third-order valence-electron chi connectivity index (χ3n) is 8.63. The van der Waals surface area contributed by atoms with Crippen LogP contribution in [0, 0.1) is 5.92 Å². The lowest BCUT2D eigenvalue weighted by Gasteiger charge is -2.32. The van der Waals surface area contributed by atoms with E-state index in [0.29, 0.717) is 41.0 Å². The van der Waals surface area contributed by atoms with E-state index >= 15 is 0 Å². The van der Waals surface area contributed by atoms with Gasteiger partial charge < -0.3 is 19.7 Å². The van der Waals surface area contributed by atoms with E-state index in [-0.39, 0.29) is 24.2 Å². The van der Waals surface area contributed by atoms with E-state index in [9.17, 15) is 18.0 Å². The second-order valence-corrected chi connectivity index (χ2v) is 11.5. The first-order valence-corrected chi connectivity index (χ1v) is 14.9. The molecule has 43 heavy (non-hydrogen) atoms. The smallest absolute Gasteiger partial charge is 0.365 e. The van der Waals surface area contributed by atoms with E-state index < -0.39 is 17.5 Å². The van der Waals surface area contributed by atoms with Gasteiger partial charge in [-0.1, -0.05) is 23.7 Å². The summed E-state index contributed by atoms with van der Waals surface area (Å²) < 4.78 is 46.6. The lowest BCUT2D eigenvalue weighted by Crippen LogP contribution is -2.35. The molecule has 6 rings (SSSR count). The van der Waals surface area contributed by atoms with Crippen LogP contribution >= 0.6 is 0 Å². The predicted molar refractivity (Wildman–Crippen MR) is 156 cm³/mol. The highest BCUT2D eigenvalue weighted by atomic mass is 19.4. The monoisotopic (exact) mass is 599 g/mol. The highest BCUT2D eigenvalue weighted by molar-refractivity contribution is 5.87. The molecule has 0 radical (unpaired) electrons. The molecule has 230 valence electrons. The number of fused-ring (bicyclic) bond motifs is 1. The molecule has 14 heteroatoms. The van der Waals surface area contributed by atoms with Gasteiger partial charge in [0.25, 0.3) is 0 Å². The lowest BCUT2D eigenvalue weighted by molar-refractivity contribution is -0.137. The molecule has 11 nitrogen and oxygen atoms in total. The van der Waals surface area contributed by atoms with Crippen molar-refractivity contribution >= 4 is 22.9 Å². The zero-order chi connectivity index (χ0) is 30.1. The molecule has 1 saturated carbocycles. The quantitative estimate of drug-likeness (QED) is 0.251. The van der Waals surface area contributed by atoms with Gasteiger partial charge in [-0.2, -0.15) is 18.2 Å². The van der Waals surface area contributed by atoms with Crippen LogP contribution < -0.4 is 16.0 Å². The van der Waals surface area contributed by atoms with Crippen molar-refractivity contribution in [1.29, 1.82) is 0 Å². The number of H-pyrrole nitrogens is 1. The van der Waals surface area contributed by atoms with Crippen LogP contribution in [0.2, 0.25) is 0 Å². The summed E-state index contributed by atoms with van der Waals surface area (Å²) in [6.07, 6.45) is 1.37. The van der Waals surface area contributed by atoms with Crippen LogP contribution in [0.1, 0.15) is 57.1 Å². The van der Waals surface area contributed by atoms with Crippen molar-refractivity contribution in [3.63, 3.8) is 0 Å². The van der Waals surface area contributed by atoms with Gasteiger partial charge >= 0.3 is 11.9 Å². The maximum atomic E-state index is 13.3. The molecule has 0 spiro atoms. The molecule has 4 aromatic rings. The van der Waals surface area contributed by atoms with Crippen LogP contribution in [0.3, 0.4) is 0 Å². The molecule has 1 aromatic carbocycles. The van der Waals surface area contributed by atoms with Crippen molar-refractivity contribution < 1.29 is 17.7 Å². The number of rotatable bonds is 11. The van der Waals surface area contributed by atoms with Gasteiger partial charge in [-0.15, -0.1) is 0 Å². The Morgan fingerprint density at radius 2 is 1.86 bits per heavy atom. The van der Waals surface area contributed by atoms with Crippen molar-refractivity contribution in [1.82, 2.24) is 34.6 Å². The second kappa shape index (κ2) is 12.0. The zero-order valence-electron chi connectivity index (χ0n) is 24.3. The van der Waals surface area contributed by atoms with E-state index in [1.54, 1.807) is 0 Å². The maximum Gasteiger partial charge on any atom is 0.439 e. The number of alkyl halides is 3. The Morgan fingerprint density at radius 1 is 1.12 bits per heavy atom. The van der Waals surface area contributed by atoms with Crippen molar-refractivity contribution in [2.45, 2.75) is 64.7 Å². The van der Waals surface area contributed by atoms with Gasteiger partial charge in [0, 0.05) is 25.7 Å². The third-order valence-corrected chi connectivity index (χ3v) is 8.63. The number of nitrogens with zero attached hydrogens (tertiary/aromatic N) is 7. The number of halogens is 3. The summed E-state index contributed by atoms with van der Waals surface area (Å²) in [6, 6.07) is 5.31. The lowest BCUT2D eigenvalue weighted by atomic mass is 9.80. The summed E-state index contributed by atoms with van der Waals surface area (Å²) in [5, 5.41) is 7.36. The number of imidazole rings is 1. The number of anilines is 2. The molecule has 3 aromatic heterocycles. The summed E-state index contributed by atoms with van der Waals surface area (Å²) >= 11 is 0. The Hall–Kier alpha value is -3.94. The number of likely N-dealkylation sites (tertiary alicyclic amines) is 1. The van der Waals surface area contributed by atoms with Crippen LogP contribution in [-0.4, -0.2) is 73.3 Å². The zero-order valence-corrected chi connectivity index (χ0v) is 24.3. The van der Waals surface area contributed by atoms with Crippen LogP contribution in [0.15, 0.2) is 33.6 Å². The molecule has 2 aliphatic rings. The maximum absolute atomic E-state index is 13.3. The average Bonchev–Trinajstić information content (AvgIpc) is 3.69. The summed E-state index contributed by atoms with van der Waals surface area (Å²) in [5.74, 6) is 1.18. The molecular weight excluding hydrogens is 563 g/mol. The summed E-state index contributed by atoms with van der Waals surface area (Å²) in [5.41, 5.74) is 1.01. The fourth-order valence-corrected chi connectivity index (χ4v) is 5.87. The first kappa shape index (κ1) is 29.1. The predicted octanol–water partition coefficient (Wildman–Crippen LogP) is 4.76. The average molecular weight is 600 g/mol. The van der Waals surface area contributed by atoms with Crippen molar-refractivity contribution in [2.75, 3.05) is 42.9 Å². The minimum absolute atomic E-state index is 0.0893. The molecular formula is C29H36F3N9O2. The van der Waals surface area contributed by atoms with Gasteiger partial charge in [0.05, 0.1) is 12.1 Å². The Bertz CT molecular complexity index is 1600. The second-order valence-electron chi connectivity index (χ2n) is 11.5. The van der Waals surface area contributed by atoms with Crippen LogP contribution in [-0.2, 0) is 12.7 Å². The minimum Gasteiger partial charge on any atom is -0.365 e. The Labute approximate surface area is 246 Å². The molecule has 4 heterocycles. The van der Waals surface area contributed by atoms with Gasteiger partial charge in [-0.3, -0.25) is 9.51 Å². The van der Waals surface area contributed by atoms with Gasteiger partial charge in [-0.05, 0) is 76.2 Å². The first-order chi connectivity index (χ1) is 20.7. The van der Waals surface area contributed by atoms with Gasteiger partial charge in [0.15, 0.2) is 11.5 Å². The summed E-state index contributed by atoms with van der Waals surface area (Å²) in [4.78, 5) is 33.2. The minimum atomic E-state index is -4.42. The van der Waals surface area contributed by atoms with Crippen LogP contribution in [0.5, 0.6) is 0 Å². The van der Waals surface area contributed by atoms with E-state index in [4.69, 9.17) is 14.5 Å². The first-order valence-electron chi connectivity index (χ1n) is 14.9. The highest BCUT2D eigenvalue weighted by Gasteiger charge is 2.31. The van der Waals surface area contributed by atoms with Gasteiger partial charge in [0.1, 0.15) is 5.52 Å². The molecule has 2 N–H and O–H groups in total. The molecule has 0 amide bonds. The van der Waals surface area contributed by atoms with E-state index in [1.165, 1.54) is 31.4 Å². The van der Waals surface area contributed by atoms with E-state index in [1.807, 2.05) is 4.57 Å². The van der Waals surface area contributed by atoms with Crippen molar-refractivity contribution in [3.05, 3.63) is 45.9 Å².